The van der Waals surface area contributed by atoms with Crippen LogP contribution in [0.3, 0.4) is 0 Å². The van der Waals surface area contributed by atoms with E-state index in [2.05, 4.69) is 68.0 Å². The average molecular weight is 300 g/mol. The molecule has 1 N–H and O–H groups in total. The molecule has 0 fully saturated rings. The van der Waals surface area contributed by atoms with Gasteiger partial charge in [-0.15, -0.1) is 0 Å². The first-order chi connectivity index (χ1) is 8.74. The number of rotatable bonds is 0. The number of halogens is 1. The number of fused-ring (bicyclic) bond motifs is 5. The van der Waals surface area contributed by atoms with Crippen molar-refractivity contribution in [3.8, 4) is 0 Å². The standard InChI is InChI=1S/C14H10BrN3/c1-18-5-4-9-12(18)3-2-10-13(9)14-11(17-10)6-8(15)7-16-14/h2-7,17H,1H3. The van der Waals surface area contributed by atoms with Gasteiger partial charge in [-0.05, 0) is 40.2 Å². The van der Waals surface area contributed by atoms with Gasteiger partial charge < -0.3 is 9.55 Å². The van der Waals surface area contributed by atoms with Gasteiger partial charge in [0, 0.05) is 45.7 Å². The number of aromatic nitrogens is 3. The molecule has 3 heterocycles. The summed E-state index contributed by atoms with van der Waals surface area (Å²) in [6, 6.07) is 8.47. The van der Waals surface area contributed by atoms with Gasteiger partial charge in [-0.3, -0.25) is 4.98 Å². The normalized spacial score (nSPS) is 11.9. The van der Waals surface area contributed by atoms with Crippen molar-refractivity contribution in [2.75, 3.05) is 0 Å². The Kier molecular flexibility index (Phi) is 1.89. The third-order valence-electron chi connectivity index (χ3n) is 3.43. The molecule has 0 aliphatic carbocycles. The lowest BCUT2D eigenvalue weighted by Gasteiger charge is -1.97. The van der Waals surface area contributed by atoms with Crippen molar-refractivity contribution >= 4 is 48.8 Å². The SMILES string of the molecule is Cn1ccc2c3c(ccc21)[nH]c1cc(Br)cnc13. The maximum absolute atomic E-state index is 4.54. The Labute approximate surface area is 112 Å². The molecule has 3 nitrogen and oxygen atoms in total. The smallest absolute Gasteiger partial charge is 0.0965 e. The highest BCUT2D eigenvalue weighted by Crippen LogP contribution is 2.32. The number of nitrogens with zero attached hydrogens (tertiary/aromatic N) is 2. The van der Waals surface area contributed by atoms with E-state index in [-0.39, 0.29) is 0 Å². The van der Waals surface area contributed by atoms with E-state index in [0.717, 1.165) is 21.0 Å². The molecule has 88 valence electrons. The minimum absolute atomic E-state index is 0.992. The van der Waals surface area contributed by atoms with Gasteiger partial charge in [0.2, 0.25) is 0 Å². The van der Waals surface area contributed by atoms with Crippen LogP contribution in [0.2, 0.25) is 0 Å². The Balaban J connectivity index is 2.32. The van der Waals surface area contributed by atoms with Crippen molar-refractivity contribution in [1.29, 1.82) is 0 Å². The number of H-pyrrole nitrogens is 1. The lowest BCUT2D eigenvalue weighted by atomic mass is 10.1. The summed E-state index contributed by atoms with van der Waals surface area (Å²) in [5.74, 6) is 0. The first kappa shape index (κ1) is 10.1. The Bertz CT molecular complexity index is 901. The van der Waals surface area contributed by atoms with E-state index >= 15 is 0 Å². The molecule has 0 saturated carbocycles. The van der Waals surface area contributed by atoms with Crippen LogP contribution in [0.4, 0.5) is 0 Å². The molecule has 0 amide bonds. The van der Waals surface area contributed by atoms with Gasteiger partial charge >= 0.3 is 0 Å². The number of nitrogens with one attached hydrogen (secondary N) is 1. The van der Waals surface area contributed by atoms with E-state index in [1.807, 2.05) is 6.20 Å². The zero-order valence-corrected chi connectivity index (χ0v) is 11.3. The van der Waals surface area contributed by atoms with E-state index in [4.69, 9.17) is 0 Å². The van der Waals surface area contributed by atoms with Crippen LogP contribution >= 0.6 is 15.9 Å². The second-order valence-corrected chi connectivity index (χ2v) is 5.44. The number of hydrogen-bond donors (Lipinski definition) is 1. The molecular weight excluding hydrogens is 290 g/mol. The van der Waals surface area contributed by atoms with E-state index in [0.29, 0.717) is 0 Å². The Hall–Kier alpha value is -1.81. The lowest BCUT2D eigenvalue weighted by molar-refractivity contribution is 0.969. The van der Waals surface area contributed by atoms with Crippen LogP contribution in [0.5, 0.6) is 0 Å². The summed E-state index contributed by atoms with van der Waals surface area (Å²) in [6.07, 6.45) is 3.93. The average Bonchev–Trinajstić information content (AvgIpc) is 2.89. The highest BCUT2D eigenvalue weighted by atomic mass is 79.9. The molecule has 4 rings (SSSR count). The van der Waals surface area contributed by atoms with Crippen LogP contribution < -0.4 is 0 Å². The zero-order chi connectivity index (χ0) is 12.3. The molecule has 0 atom stereocenters. The van der Waals surface area contributed by atoms with E-state index in [1.54, 1.807) is 0 Å². The van der Waals surface area contributed by atoms with Gasteiger partial charge in [-0.1, -0.05) is 0 Å². The molecule has 0 spiro atoms. The van der Waals surface area contributed by atoms with Gasteiger partial charge in [-0.2, -0.15) is 0 Å². The summed E-state index contributed by atoms with van der Waals surface area (Å²) in [4.78, 5) is 7.96. The predicted octanol–water partition coefficient (Wildman–Crippen LogP) is 3.97. The predicted molar refractivity (Wildman–Crippen MR) is 77.8 cm³/mol. The summed E-state index contributed by atoms with van der Waals surface area (Å²) in [7, 11) is 2.06. The van der Waals surface area contributed by atoms with Crippen LogP contribution in [0.25, 0.3) is 32.8 Å². The molecule has 0 saturated heterocycles. The molecule has 0 aliphatic heterocycles. The molecule has 4 aromatic rings. The Morgan fingerprint density at radius 1 is 1.22 bits per heavy atom. The highest BCUT2D eigenvalue weighted by molar-refractivity contribution is 9.10. The summed E-state index contributed by atoms with van der Waals surface area (Å²) in [6.45, 7) is 0. The molecule has 1 aromatic carbocycles. The van der Waals surface area contributed by atoms with E-state index in [9.17, 15) is 0 Å². The topological polar surface area (TPSA) is 33.6 Å². The number of pyridine rings is 1. The fourth-order valence-electron chi connectivity index (χ4n) is 2.59. The molecule has 18 heavy (non-hydrogen) atoms. The fraction of sp³-hybridized carbons (Fsp3) is 0.0714. The molecule has 0 radical (unpaired) electrons. The van der Waals surface area contributed by atoms with Crippen molar-refractivity contribution in [3.63, 3.8) is 0 Å². The summed E-state index contributed by atoms with van der Waals surface area (Å²) < 4.78 is 3.12. The summed E-state index contributed by atoms with van der Waals surface area (Å²) >= 11 is 3.46. The number of benzene rings is 1. The molecule has 3 aromatic heterocycles. The van der Waals surface area contributed by atoms with Crippen molar-refractivity contribution in [2.45, 2.75) is 0 Å². The molecular formula is C14H10BrN3. The number of aryl methyl sites for hydroxylation is 1. The molecule has 0 bridgehead atoms. The molecule has 0 unspecified atom stereocenters. The minimum Gasteiger partial charge on any atom is -0.353 e. The van der Waals surface area contributed by atoms with E-state index in [1.165, 1.54) is 16.3 Å². The highest BCUT2D eigenvalue weighted by Gasteiger charge is 2.10. The number of hydrogen-bond acceptors (Lipinski definition) is 1. The maximum Gasteiger partial charge on any atom is 0.0965 e. The summed E-state index contributed by atoms with van der Waals surface area (Å²) in [5.41, 5.74) is 4.46. The molecule has 4 heteroatoms. The first-order valence-corrected chi connectivity index (χ1v) is 6.54. The van der Waals surface area contributed by atoms with Crippen LogP contribution in [0, 0.1) is 0 Å². The largest absolute Gasteiger partial charge is 0.353 e. The van der Waals surface area contributed by atoms with Crippen LogP contribution in [0.15, 0.2) is 41.1 Å². The lowest BCUT2D eigenvalue weighted by Crippen LogP contribution is -1.83. The first-order valence-electron chi connectivity index (χ1n) is 5.75. The minimum atomic E-state index is 0.992. The Morgan fingerprint density at radius 2 is 2.11 bits per heavy atom. The van der Waals surface area contributed by atoms with Crippen LogP contribution in [0.1, 0.15) is 0 Å². The fourth-order valence-corrected chi connectivity index (χ4v) is 2.92. The van der Waals surface area contributed by atoms with E-state index < -0.39 is 0 Å². The van der Waals surface area contributed by atoms with Gasteiger partial charge in [-0.25, -0.2) is 0 Å². The van der Waals surface area contributed by atoms with Gasteiger partial charge in [0.25, 0.3) is 0 Å². The Morgan fingerprint density at radius 3 is 3.00 bits per heavy atom. The maximum atomic E-state index is 4.54. The zero-order valence-electron chi connectivity index (χ0n) is 9.74. The van der Waals surface area contributed by atoms with Crippen LogP contribution in [-0.2, 0) is 7.05 Å². The third kappa shape index (κ3) is 1.21. The van der Waals surface area contributed by atoms with Crippen molar-refractivity contribution in [2.24, 2.45) is 7.05 Å². The van der Waals surface area contributed by atoms with Crippen molar-refractivity contribution < 1.29 is 0 Å². The van der Waals surface area contributed by atoms with Gasteiger partial charge in [0.15, 0.2) is 0 Å². The van der Waals surface area contributed by atoms with Gasteiger partial charge in [0.05, 0.1) is 11.0 Å². The third-order valence-corrected chi connectivity index (χ3v) is 3.86. The quantitative estimate of drug-likeness (QED) is 0.524. The van der Waals surface area contributed by atoms with Gasteiger partial charge in [0.1, 0.15) is 0 Å². The van der Waals surface area contributed by atoms with Crippen LogP contribution in [-0.4, -0.2) is 14.5 Å². The van der Waals surface area contributed by atoms with Crippen molar-refractivity contribution in [1.82, 2.24) is 14.5 Å². The second-order valence-electron chi connectivity index (χ2n) is 4.52. The van der Waals surface area contributed by atoms with Crippen molar-refractivity contribution in [3.05, 3.63) is 41.1 Å². The number of aromatic amines is 1. The molecule has 0 aliphatic rings. The second kappa shape index (κ2) is 3.36. The monoisotopic (exact) mass is 299 g/mol. The summed E-state index contributed by atoms with van der Waals surface area (Å²) in [5, 5.41) is 2.45.